The monoisotopic (exact) mass is 332 g/mol. The Hall–Kier alpha value is -2.22. The highest BCUT2D eigenvalue weighted by Gasteiger charge is 2.30. The summed E-state index contributed by atoms with van der Waals surface area (Å²) in [5, 5.41) is 0. The van der Waals surface area contributed by atoms with Crippen LogP contribution in [0, 0.1) is 0 Å². The van der Waals surface area contributed by atoms with Crippen LogP contribution >= 0.6 is 0 Å². The standard InChI is InChI=1S/C16H14N2.H2O4S/c1-2-6-12(7-3-1)15-13-8-4-5-9-14(13)16-17-10-11-18(15)16;1-5(2,3)4/h1-2,4-6,8-11,15H,3,7H2;(H2,1,2,3,4). The Labute approximate surface area is 134 Å². The molecule has 7 heteroatoms. The summed E-state index contributed by atoms with van der Waals surface area (Å²) in [5.41, 5.74) is 4.16. The first kappa shape index (κ1) is 15.7. The van der Waals surface area contributed by atoms with Gasteiger partial charge in [0, 0.05) is 18.0 Å². The third-order valence-electron chi connectivity index (χ3n) is 3.84. The first-order valence-electron chi connectivity index (χ1n) is 7.13. The topological polar surface area (TPSA) is 92.4 Å². The maximum Gasteiger partial charge on any atom is 0.394 e. The molecule has 0 saturated carbocycles. The second-order valence-corrected chi connectivity index (χ2v) is 6.20. The molecule has 0 spiro atoms. The van der Waals surface area contributed by atoms with Gasteiger partial charge in [0.05, 0.1) is 6.04 Å². The van der Waals surface area contributed by atoms with E-state index in [-0.39, 0.29) is 0 Å². The molecule has 1 unspecified atom stereocenters. The van der Waals surface area contributed by atoms with Gasteiger partial charge in [-0.3, -0.25) is 9.11 Å². The van der Waals surface area contributed by atoms with Crippen molar-refractivity contribution < 1.29 is 17.5 Å². The van der Waals surface area contributed by atoms with Crippen LogP contribution in [0.25, 0.3) is 11.4 Å². The van der Waals surface area contributed by atoms with Crippen molar-refractivity contribution >= 4 is 10.4 Å². The lowest BCUT2D eigenvalue weighted by Gasteiger charge is -2.20. The predicted molar refractivity (Wildman–Crippen MR) is 86.4 cm³/mol. The second kappa shape index (κ2) is 6.11. The molecule has 23 heavy (non-hydrogen) atoms. The number of aromatic nitrogens is 2. The van der Waals surface area contributed by atoms with Crippen LogP contribution in [0.1, 0.15) is 24.4 Å². The minimum absolute atomic E-state index is 0.351. The van der Waals surface area contributed by atoms with E-state index in [1.54, 1.807) is 0 Å². The fourth-order valence-electron chi connectivity index (χ4n) is 3.05. The molecule has 1 atom stereocenters. The summed E-state index contributed by atoms with van der Waals surface area (Å²) in [7, 11) is -4.67. The first-order valence-corrected chi connectivity index (χ1v) is 8.52. The van der Waals surface area contributed by atoms with Crippen molar-refractivity contribution in [3.63, 3.8) is 0 Å². The molecule has 6 nitrogen and oxygen atoms in total. The minimum Gasteiger partial charge on any atom is -0.320 e. The lowest BCUT2D eigenvalue weighted by Crippen LogP contribution is -2.09. The van der Waals surface area contributed by atoms with E-state index in [0.29, 0.717) is 6.04 Å². The van der Waals surface area contributed by atoms with E-state index in [1.165, 1.54) is 16.7 Å². The number of rotatable bonds is 1. The van der Waals surface area contributed by atoms with E-state index >= 15 is 0 Å². The fourth-order valence-corrected chi connectivity index (χ4v) is 3.05. The number of allylic oxidation sites excluding steroid dienone is 4. The van der Waals surface area contributed by atoms with Crippen LogP contribution in [0.15, 0.2) is 60.5 Å². The number of hydrogen-bond acceptors (Lipinski definition) is 3. The molecule has 1 aliphatic carbocycles. The van der Waals surface area contributed by atoms with Gasteiger partial charge in [0.2, 0.25) is 0 Å². The highest BCUT2D eigenvalue weighted by Crippen LogP contribution is 2.43. The summed E-state index contributed by atoms with van der Waals surface area (Å²) in [6.07, 6.45) is 13.0. The summed E-state index contributed by atoms with van der Waals surface area (Å²) in [5.74, 6) is 1.10. The van der Waals surface area contributed by atoms with Gasteiger partial charge in [-0.25, -0.2) is 4.98 Å². The van der Waals surface area contributed by atoms with E-state index in [4.69, 9.17) is 17.5 Å². The van der Waals surface area contributed by atoms with E-state index < -0.39 is 10.4 Å². The normalized spacial score (nSPS) is 18.5. The van der Waals surface area contributed by atoms with E-state index in [1.807, 2.05) is 6.20 Å². The van der Waals surface area contributed by atoms with Gasteiger partial charge in [-0.1, -0.05) is 42.5 Å². The average Bonchev–Trinajstić information content (AvgIpc) is 3.06. The number of nitrogens with zero attached hydrogens (tertiary/aromatic N) is 2. The number of benzene rings is 1. The Morgan fingerprint density at radius 3 is 2.65 bits per heavy atom. The lowest BCUT2D eigenvalue weighted by molar-refractivity contribution is 0.381. The van der Waals surface area contributed by atoms with Gasteiger partial charge in [0.15, 0.2) is 0 Å². The third-order valence-corrected chi connectivity index (χ3v) is 3.84. The Bertz CT molecular complexity index is 873. The molecule has 2 aliphatic rings. The van der Waals surface area contributed by atoms with Crippen LogP contribution in [-0.2, 0) is 10.4 Å². The summed E-state index contributed by atoms with van der Waals surface area (Å²) < 4.78 is 33.9. The summed E-state index contributed by atoms with van der Waals surface area (Å²) >= 11 is 0. The van der Waals surface area contributed by atoms with Gasteiger partial charge in [0.25, 0.3) is 0 Å². The van der Waals surface area contributed by atoms with Gasteiger partial charge in [0.1, 0.15) is 5.82 Å². The average molecular weight is 332 g/mol. The molecule has 2 N–H and O–H groups in total. The zero-order valence-electron chi connectivity index (χ0n) is 12.2. The smallest absolute Gasteiger partial charge is 0.320 e. The molecule has 1 aliphatic heterocycles. The van der Waals surface area contributed by atoms with Crippen molar-refractivity contribution in [1.29, 1.82) is 0 Å². The fraction of sp³-hybridized carbons (Fsp3) is 0.188. The van der Waals surface area contributed by atoms with Crippen LogP contribution < -0.4 is 0 Å². The van der Waals surface area contributed by atoms with Gasteiger partial charge in [-0.15, -0.1) is 0 Å². The highest BCUT2D eigenvalue weighted by atomic mass is 32.3. The molecule has 0 fully saturated rings. The van der Waals surface area contributed by atoms with E-state index in [9.17, 15) is 0 Å². The largest absolute Gasteiger partial charge is 0.394 e. The van der Waals surface area contributed by atoms with Crippen LogP contribution in [0.4, 0.5) is 0 Å². The molecule has 2 heterocycles. The first-order chi connectivity index (χ1) is 10.9. The quantitative estimate of drug-likeness (QED) is 0.783. The lowest BCUT2D eigenvalue weighted by atomic mass is 9.92. The van der Waals surface area contributed by atoms with Gasteiger partial charge in [-0.05, 0) is 24.0 Å². The van der Waals surface area contributed by atoms with E-state index in [0.717, 1.165) is 18.7 Å². The third kappa shape index (κ3) is 3.42. The van der Waals surface area contributed by atoms with E-state index in [2.05, 4.69) is 58.2 Å². The minimum atomic E-state index is -4.67. The summed E-state index contributed by atoms with van der Waals surface area (Å²) in [6, 6.07) is 8.97. The molecule has 0 radical (unpaired) electrons. The Morgan fingerprint density at radius 1 is 1.22 bits per heavy atom. The number of hydrogen-bond donors (Lipinski definition) is 2. The van der Waals surface area contributed by atoms with Gasteiger partial charge in [-0.2, -0.15) is 8.42 Å². The Kier molecular flexibility index (Phi) is 4.16. The van der Waals surface area contributed by atoms with Crippen molar-refractivity contribution in [2.45, 2.75) is 18.9 Å². The molecule has 2 aromatic rings. The van der Waals surface area contributed by atoms with Crippen molar-refractivity contribution in [3.05, 3.63) is 66.0 Å². The Balaban J connectivity index is 0.000000276. The SMILES string of the molecule is C1=CCCC(C2c3ccccc3-c3nccn32)=C1.O=S(=O)(O)O. The van der Waals surface area contributed by atoms with Crippen molar-refractivity contribution in [2.75, 3.05) is 0 Å². The Morgan fingerprint density at radius 2 is 1.96 bits per heavy atom. The molecule has 0 saturated heterocycles. The number of fused-ring (bicyclic) bond motifs is 3. The maximum atomic E-state index is 8.74. The highest BCUT2D eigenvalue weighted by molar-refractivity contribution is 7.79. The van der Waals surface area contributed by atoms with Crippen LogP contribution in [-0.4, -0.2) is 27.1 Å². The van der Waals surface area contributed by atoms with Crippen LogP contribution in [0.3, 0.4) is 0 Å². The summed E-state index contributed by atoms with van der Waals surface area (Å²) in [4.78, 5) is 4.50. The molecule has 0 amide bonds. The van der Waals surface area contributed by atoms with Gasteiger partial charge >= 0.3 is 10.4 Å². The molecule has 0 bridgehead atoms. The molecule has 1 aromatic carbocycles. The molecule has 1 aromatic heterocycles. The molecular weight excluding hydrogens is 316 g/mol. The molecular formula is C16H16N2O4S. The van der Waals surface area contributed by atoms with Crippen LogP contribution in [0.2, 0.25) is 0 Å². The van der Waals surface area contributed by atoms with Crippen molar-refractivity contribution in [2.24, 2.45) is 0 Å². The molecule has 4 rings (SSSR count). The van der Waals surface area contributed by atoms with Crippen LogP contribution in [0.5, 0.6) is 0 Å². The molecule has 120 valence electrons. The predicted octanol–water partition coefficient (Wildman–Crippen LogP) is 3.08. The second-order valence-electron chi connectivity index (χ2n) is 5.30. The maximum absolute atomic E-state index is 8.74. The zero-order chi connectivity index (χ0) is 16.4. The zero-order valence-corrected chi connectivity index (χ0v) is 13.0. The number of imidazole rings is 1. The van der Waals surface area contributed by atoms with Crippen molar-refractivity contribution in [1.82, 2.24) is 9.55 Å². The summed E-state index contributed by atoms with van der Waals surface area (Å²) in [6.45, 7) is 0. The van der Waals surface area contributed by atoms with Gasteiger partial charge < -0.3 is 4.57 Å². The van der Waals surface area contributed by atoms with Crippen molar-refractivity contribution in [3.8, 4) is 11.4 Å².